The molecule has 0 unspecified atom stereocenters. The summed E-state index contributed by atoms with van der Waals surface area (Å²) in [5.74, 6) is 5.80. The van der Waals surface area contributed by atoms with E-state index in [1.165, 1.54) is 0 Å². The number of carbonyl (C=O) groups is 1. The first-order valence-corrected chi connectivity index (χ1v) is 10.4. The monoisotopic (exact) mass is 204 g/mol. The predicted octanol–water partition coefficient (Wildman–Crippen LogP) is 1.94. The average Bonchev–Trinajstić information content (AvgIpc) is 1.60. The van der Waals surface area contributed by atoms with E-state index in [1.807, 2.05) is 17.3 Å². The van der Waals surface area contributed by atoms with Gasteiger partial charge in [-0.25, -0.2) is 0 Å². The van der Waals surface area contributed by atoms with Crippen LogP contribution in [0.2, 0.25) is 17.3 Å². The fourth-order valence-corrected chi connectivity index (χ4v) is 1.90. The van der Waals surface area contributed by atoms with Gasteiger partial charge in [0.2, 0.25) is 0 Å². The van der Waals surface area contributed by atoms with Crippen molar-refractivity contribution >= 4 is 19.6 Å². The first-order valence-electron chi connectivity index (χ1n) is 3.22. The van der Waals surface area contributed by atoms with Crippen LogP contribution in [0.5, 0.6) is 0 Å². The van der Waals surface area contributed by atoms with Gasteiger partial charge in [-0.05, 0) is 0 Å². The van der Waals surface area contributed by atoms with Crippen molar-refractivity contribution in [2.45, 2.75) is 24.2 Å². The maximum atomic E-state index is 10.9. The van der Waals surface area contributed by atoms with Crippen LogP contribution in [0.4, 0.5) is 0 Å². The molecule has 3 heteroatoms. The Labute approximate surface area is 65.0 Å². The Kier molecular flexibility index (Phi) is 3.15. The molecule has 0 N–H and O–H groups in total. The molecule has 0 saturated carbocycles. The summed E-state index contributed by atoms with van der Waals surface area (Å²) in [7, 11) is 0. The maximum absolute atomic E-state index is 10.9. The van der Waals surface area contributed by atoms with Gasteiger partial charge in [-0.3, -0.25) is 0 Å². The second-order valence-corrected chi connectivity index (χ2v) is 12.6. The van der Waals surface area contributed by atoms with Crippen molar-refractivity contribution in [1.29, 1.82) is 0 Å². The molecular formula is C7H14GeO2. The minimum atomic E-state index is -2.14. The van der Waals surface area contributed by atoms with Crippen molar-refractivity contribution in [1.82, 2.24) is 0 Å². The van der Waals surface area contributed by atoms with Crippen molar-refractivity contribution < 1.29 is 8.56 Å². The van der Waals surface area contributed by atoms with Gasteiger partial charge in [-0.15, -0.1) is 0 Å². The van der Waals surface area contributed by atoms with Crippen LogP contribution in [-0.4, -0.2) is 19.6 Å². The summed E-state index contributed by atoms with van der Waals surface area (Å²) in [6.45, 7) is 5.16. The van der Waals surface area contributed by atoms with Crippen LogP contribution in [-0.2, 0) is 8.56 Å². The SMILES string of the molecule is C=C(C)C(=O)[O][Ge]([CH3])([CH3])[CH3]. The quantitative estimate of drug-likeness (QED) is 0.506. The molecule has 0 fully saturated rings. The minimum absolute atomic E-state index is 0.243. The van der Waals surface area contributed by atoms with Gasteiger partial charge >= 0.3 is 64.5 Å². The summed E-state index contributed by atoms with van der Waals surface area (Å²) in [5, 5.41) is 0. The molecule has 0 bridgehead atoms. The van der Waals surface area contributed by atoms with Crippen molar-refractivity contribution in [3.05, 3.63) is 12.2 Å². The summed E-state index contributed by atoms with van der Waals surface area (Å²) in [5.41, 5.74) is 0.487. The Hall–Kier alpha value is -0.247. The Morgan fingerprint density at radius 1 is 1.40 bits per heavy atom. The summed E-state index contributed by atoms with van der Waals surface area (Å²) in [6.07, 6.45) is 0. The molecule has 0 aliphatic heterocycles. The Morgan fingerprint density at radius 2 is 1.80 bits per heavy atom. The van der Waals surface area contributed by atoms with Crippen molar-refractivity contribution in [3.63, 3.8) is 0 Å². The third-order valence-corrected chi connectivity index (χ3v) is 2.42. The Balaban J connectivity index is 3.93. The van der Waals surface area contributed by atoms with Crippen LogP contribution < -0.4 is 0 Å². The van der Waals surface area contributed by atoms with E-state index in [0.717, 1.165) is 0 Å². The first-order chi connectivity index (χ1) is 4.33. The van der Waals surface area contributed by atoms with E-state index in [0.29, 0.717) is 5.57 Å². The Morgan fingerprint density at radius 3 is 1.90 bits per heavy atom. The molecule has 0 aliphatic rings. The van der Waals surface area contributed by atoms with Gasteiger partial charge in [0.15, 0.2) is 0 Å². The van der Waals surface area contributed by atoms with E-state index in [1.54, 1.807) is 6.92 Å². The molecule has 0 atom stereocenters. The zero-order valence-corrected chi connectivity index (χ0v) is 9.12. The molecule has 0 heterocycles. The van der Waals surface area contributed by atoms with E-state index in [4.69, 9.17) is 3.76 Å². The van der Waals surface area contributed by atoms with Crippen LogP contribution in [0.25, 0.3) is 0 Å². The number of rotatable bonds is 2. The van der Waals surface area contributed by atoms with Gasteiger partial charge in [0.05, 0.1) is 0 Å². The van der Waals surface area contributed by atoms with Gasteiger partial charge in [0, 0.05) is 0 Å². The molecule has 0 aliphatic carbocycles. The summed E-state index contributed by atoms with van der Waals surface area (Å²) >= 11 is -2.14. The van der Waals surface area contributed by atoms with Crippen molar-refractivity contribution in [2.24, 2.45) is 0 Å². The number of hydrogen-bond donors (Lipinski definition) is 0. The Bertz CT molecular complexity index is 155. The first kappa shape index (κ1) is 9.75. The zero-order chi connectivity index (χ0) is 8.36. The molecule has 2 nitrogen and oxygen atoms in total. The van der Waals surface area contributed by atoms with Gasteiger partial charge in [0.1, 0.15) is 0 Å². The number of hydrogen-bond acceptors (Lipinski definition) is 2. The molecule has 10 heavy (non-hydrogen) atoms. The fraction of sp³-hybridized carbons (Fsp3) is 0.571. The molecule has 0 spiro atoms. The summed E-state index contributed by atoms with van der Waals surface area (Å²) < 4.78 is 5.15. The van der Waals surface area contributed by atoms with Crippen LogP contribution in [0, 0.1) is 0 Å². The molecule has 58 valence electrons. The van der Waals surface area contributed by atoms with E-state index >= 15 is 0 Å². The third-order valence-electron chi connectivity index (χ3n) is 0.747. The second-order valence-electron chi connectivity index (χ2n) is 3.28. The van der Waals surface area contributed by atoms with Crippen LogP contribution >= 0.6 is 0 Å². The molecule has 0 radical (unpaired) electrons. The number of carbonyl (C=O) groups excluding carboxylic acids is 1. The molecule has 0 rings (SSSR count). The third kappa shape index (κ3) is 4.61. The average molecular weight is 203 g/mol. The van der Waals surface area contributed by atoms with Crippen molar-refractivity contribution in [3.8, 4) is 0 Å². The van der Waals surface area contributed by atoms with Crippen LogP contribution in [0.15, 0.2) is 12.2 Å². The molecule has 0 amide bonds. The normalized spacial score (nSPS) is 10.8. The second kappa shape index (κ2) is 3.23. The zero-order valence-electron chi connectivity index (χ0n) is 7.02. The van der Waals surface area contributed by atoms with Gasteiger partial charge < -0.3 is 0 Å². The topological polar surface area (TPSA) is 26.3 Å². The van der Waals surface area contributed by atoms with Crippen LogP contribution in [0.3, 0.4) is 0 Å². The molecule has 0 aromatic rings. The fourth-order valence-electron chi connectivity index (χ4n) is 0.365. The summed E-state index contributed by atoms with van der Waals surface area (Å²) in [6, 6.07) is 0. The van der Waals surface area contributed by atoms with E-state index < -0.39 is 13.6 Å². The molecule has 0 aromatic heterocycles. The standard InChI is InChI=1S/C7H14GeO2/c1-6(2)7(9)10-8(3,4)5/h1H2,2-5H3. The molecular weight excluding hydrogens is 189 g/mol. The predicted molar refractivity (Wildman–Crippen MR) is 44.3 cm³/mol. The molecule has 0 saturated heterocycles. The van der Waals surface area contributed by atoms with Crippen molar-refractivity contribution in [2.75, 3.05) is 0 Å². The summed E-state index contributed by atoms with van der Waals surface area (Å²) in [4.78, 5) is 10.9. The van der Waals surface area contributed by atoms with E-state index in [-0.39, 0.29) is 5.97 Å². The molecule has 0 aromatic carbocycles. The van der Waals surface area contributed by atoms with E-state index in [9.17, 15) is 4.79 Å². The van der Waals surface area contributed by atoms with E-state index in [2.05, 4.69) is 6.58 Å². The van der Waals surface area contributed by atoms with Gasteiger partial charge in [0.25, 0.3) is 0 Å². The van der Waals surface area contributed by atoms with Gasteiger partial charge in [-0.1, -0.05) is 0 Å². The van der Waals surface area contributed by atoms with Crippen LogP contribution in [0.1, 0.15) is 6.92 Å². The van der Waals surface area contributed by atoms with Gasteiger partial charge in [-0.2, -0.15) is 0 Å².